The van der Waals surface area contributed by atoms with Crippen molar-refractivity contribution in [1.82, 2.24) is 14.9 Å². The molecule has 0 aliphatic heterocycles. The molecule has 2 aromatic heterocycles. The number of ketones is 1. The monoisotopic (exact) mass is 501 g/mol. The van der Waals surface area contributed by atoms with Gasteiger partial charge in [0.05, 0.1) is 5.02 Å². The van der Waals surface area contributed by atoms with Gasteiger partial charge in [-0.2, -0.15) is 0 Å². The highest BCUT2D eigenvalue weighted by atomic mass is 35.5. The van der Waals surface area contributed by atoms with Gasteiger partial charge < -0.3 is 9.26 Å². The minimum atomic E-state index is -3.76. The van der Waals surface area contributed by atoms with Crippen LogP contribution in [-0.4, -0.2) is 35.4 Å². The molecule has 2 aromatic carbocycles. The fourth-order valence-electron chi connectivity index (χ4n) is 3.50. The summed E-state index contributed by atoms with van der Waals surface area (Å²) in [6, 6.07) is 13.5. The highest BCUT2D eigenvalue weighted by molar-refractivity contribution is 7.90. The number of H-pyrrole nitrogens is 1. The van der Waals surface area contributed by atoms with Gasteiger partial charge in [-0.05, 0) is 19.1 Å². The quantitative estimate of drug-likeness (QED) is 0.384. The molecule has 34 heavy (non-hydrogen) atoms. The van der Waals surface area contributed by atoms with Crippen LogP contribution in [-0.2, 0) is 23.5 Å². The maximum Gasteiger partial charge on any atom is 0.277 e. The van der Waals surface area contributed by atoms with Gasteiger partial charge in [0.25, 0.3) is 5.56 Å². The topological polar surface area (TPSA) is 124 Å². The fourth-order valence-corrected chi connectivity index (χ4v) is 4.67. The van der Waals surface area contributed by atoms with E-state index in [1.165, 1.54) is 23.9 Å². The van der Waals surface area contributed by atoms with Crippen molar-refractivity contribution in [3.8, 4) is 17.0 Å². The van der Waals surface area contributed by atoms with E-state index in [9.17, 15) is 18.0 Å². The van der Waals surface area contributed by atoms with E-state index < -0.39 is 21.2 Å². The van der Waals surface area contributed by atoms with Crippen LogP contribution in [0.5, 0.6) is 5.75 Å². The number of hydrogen-bond donors (Lipinski definition) is 1. The van der Waals surface area contributed by atoms with Crippen LogP contribution in [0.25, 0.3) is 11.3 Å². The van der Waals surface area contributed by atoms with Crippen molar-refractivity contribution in [2.45, 2.75) is 18.4 Å². The van der Waals surface area contributed by atoms with E-state index in [1.54, 1.807) is 13.0 Å². The van der Waals surface area contributed by atoms with Crippen LogP contribution in [0.1, 0.15) is 27.4 Å². The molecule has 0 atom stereocenters. The number of carbonyl (C=O) groups is 1. The highest BCUT2D eigenvalue weighted by Gasteiger charge is 2.27. The van der Waals surface area contributed by atoms with Crippen molar-refractivity contribution in [3.05, 3.63) is 86.5 Å². The van der Waals surface area contributed by atoms with Gasteiger partial charge in [-0.1, -0.05) is 47.1 Å². The molecule has 0 aliphatic carbocycles. The molecule has 2 heterocycles. The van der Waals surface area contributed by atoms with Crippen molar-refractivity contribution in [2.24, 2.45) is 7.05 Å². The summed E-state index contributed by atoms with van der Waals surface area (Å²) in [4.78, 5) is 25.3. The zero-order chi connectivity index (χ0) is 24.6. The van der Waals surface area contributed by atoms with E-state index in [4.69, 9.17) is 20.9 Å². The third kappa shape index (κ3) is 4.42. The molecule has 0 unspecified atom stereocenters. The SMILES string of the molecule is Cc1[nH]n(C)c(=O)c1C(=O)c1ccc(S(C)(=O)=O)c(OCc2cc(-c3ccccc3)no2)c1Cl. The number of rotatable bonds is 7. The summed E-state index contributed by atoms with van der Waals surface area (Å²) in [5.41, 5.74) is 1.10. The van der Waals surface area contributed by atoms with Gasteiger partial charge in [0.1, 0.15) is 22.8 Å². The average molecular weight is 502 g/mol. The summed E-state index contributed by atoms with van der Waals surface area (Å²) in [6.07, 6.45) is 1.00. The van der Waals surface area contributed by atoms with Gasteiger partial charge in [-0.3, -0.25) is 19.4 Å². The van der Waals surface area contributed by atoms with E-state index in [-0.39, 0.29) is 33.4 Å². The van der Waals surface area contributed by atoms with Crippen molar-refractivity contribution >= 4 is 27.2 Å². The lowest BCUT2D eigenvalue weighted by atomic mass is 10.0. The van der Waals surface area contributed by atoms with Gasteiger partial charge in [0.2, 0.25) is 5.78 Å². The molecule has 0 fully saturated rings. The number of halogens is 1. The van der Waals surface area contributed by atoms with Gasteiger partial charge >= 0.3 is 0 Å². The molecule has 0 spiro atoms. The molecule has 176 valence electrons. The molecule has 9 nitrogen and oxygen atoms in total. The molecular formula is C23H20ClN3O6S. The lowest BCUT2D eigenvalue weighted by Crippen LogP contribution is -2.20. The number of benzene rings is 2. The molecule has 4 rings (SSSR count). The van der Waals surface area contributed by atoms with Crippen LogP contribution in [0.3, 0.4) is 0 Å². The maximum absolute atomic E-state index is 13.1. The molecule has 0 aliphatic rings. The number of sulfone groups is 1. The van der Waals surface area contributed by atoms with Crippen molar-refractivity contribution < 1.29 is 22.5 Å². The number of ether oxygens (including phenoxy) is 1. The Kier molecular flexibility index (Phi) is 6.20. The Bertz CT molecular complexity index is 1550. The van der Waals surface area contributed by atoms with Crippen LogP contribution in [0.4, 0.5) is 0 Å². The zero-order valence-corrected chi connectivity index (χ0v) is 20.0. The Morgan fingerprint density at radius 3 is 2.53 bits per heavy atom. The number of hydrogen-bond acceptors (Lipinski definition) is 7. The molecule has 0 amide bonds. The number of carbonyl (C=O) groups excluding carboxylic acids is 1. The van der Waals surface area contributed by atoms with Gasteiger partial charge in [0, 0.05) is 36.2 Å². The van der Waals surface area contributed by atoms with Crippen LogP contribution in [0.15, 0.2) is 62.7 Å². The first-order valence-electron chi connectivity index (χ1n) is 10.0. The summed E-state index contributed by atoms with van der Waals surface area (Å²) in [5.74, 6) is -0.542. The largest absolute Gasteiger partial charge is 0.483 e. The van der Waals surface area contributed by atoms with Crippen molar-refractivity contribution in [1.29, 1.82) is 0 Å². The van der Waals surface area contributed by atoms with Gasteiger partial charge in [-0.25, -0.2) is 8.42 Å². The Balaban J connectivity index is 1.70. The lowest BCUT2D eigenvalue weighted by molar-refractivity contribution is 0.103. The van der Waals surface area contributed by atoms with E-state index in [2.05, 4.69) is 10.3 Å². The van der Waals surface area contributed by atoms with E-state index in [1.807, 2.05) is 30.3 Å². The predicted octanol–water partition coefficient (Wildman–Crippen LogP) is 3.54. The minimum absolute atomic E-state index is 0.0635. The van der Waals surface area contributed by atoms with Crippen molar-refractivity contribution in [2.75, 3.05) is 6.26 Å². The maximum atomic E-state index is 13.1. The zero-order valence-electron chi connectivity index (χ0n) is 18.5. The first-order chi connectivity index (χ1) is 16.1. The second-order valence-electron chi connectivity index (χ2n) is 7.66. The minimum Gasteiger partial charge on any atom is -0.483 e. The Labute approximate surface area is 199 Å². The summed E-state index contributed by atoms with van der Waals surface area (Å²) < 4.78 is 36.9. The first-order valence-corrected chi connectivity index (χ1v) is 12.3. The highest BCUT2D eigenvalue weighted by Crippen LogP contribution is 2.37. The fraction of sp³-hybridized carbons (Fsp3) is 0.174. The Morgan fingerprint density at radius 2 is 1.91 bits per heavy atom. The number of nitrogens with one attached hydrogen (secondary N) is 1. The third-order valence-corrected chi connectivity index (χ3v) is 6.64. The van der Waals surface area contributed by atoms with E-state index in [0.29, 0.717) is 17.1 Å². The smallest absolute Gasteiger partial charge is 0.277 e. The molecule has 0 saturated heterocycles. The number of aryl methyl sites for hydroxylation is 2. The summed E-state index contributed by atoms with van der Waals surface area (Å²) in [7, 11) is -2.27. The number of aromatic nitrogens is 3. The van der Waals surface area contributed by atoms with Gasteiger partial charge in [-0.15, -0.1) is 0 Å². The Morgan fingerprint density at radius 1 is 1.21 bits per heavy atom. The molecule has 4 aromatic rings. The summed E-state index contributed by atoms with van der Waals surface area (Å²) >= 11 is 6.47. The molecule has 11 heteroatoms. The number of nitrogens with zero attached hydrogens (tertiary/aromatic N) is 2. The van der Waals surface area contributed by atoms with Crippen molar-refractivity contribution in [3.63, 3.8) is 0 Å². The van der Waals surface area contributed by atoms with Gasteiger partial charge in [0.15, 0.2) is 21.3 Å². The molecule has 0 saturated carbocycles. The van der Waals surface area contributed by atoms with E-state index in [0.717, 1.165) is 11.8 Å². The standard InChI is InChI=1S/C23H20ClN3O6S/c1-13-19(23(29)27(2)25-13)21(28)16-9-10-18(34(3,30)31)22(20(16)24)32-12-15-11-17(26-33-15)14-7-5-4-6-8-14/h4-11,25H,12H2,1-3H3. The van der Waals surface area contributed by atoms with Crippen LogP contribution in [0, 0.1) is 6.92 Å². The first kappa shape index (κ1) is 23.5. The molecule has 1 N–H and O–H groups in total. The molecule has 0 radical (unpaired) electrons. The summed E-state index contributed by atoms with van der Waals surface area (Å²) in [6.45, 7) is 1.39. The van der Waals surface area contributed by atoms with E-state index >= 15 is 0 Å². The second kappa shape index (κ2) is 8.96. The third-order valence-electron chi connectivity index (χ3n) is 5.15. The summed E-state index contributed by atoms with van der Waals surface area (Å²) in [5, 5.41) is 6.53. The molecular weight excluding hydrogens is 482 g/mol. The predicted molar refractivity (Wildman–Crippen MR) is 125 cm³/mol. The van der Waals surface area contributed by atoms with Crippen LogP contribution < -0.4 is 10.3 Å². The normalized spacial score (nSPS) is 11.5. The lowest BCUT2D eigenvalue weighted by Gasteiger charge is -2.13. The Hall–Kier alpha value is -3.63. The van der Waals surface area contributed by atoms with Crippen LogP contribution >= 0.6 is 11.6 Å². The number of aromatic amines is 1. The second-order valence-corrected chi connectivity index (χ2v) is 10.0. The van der Waals surface area contributed by atoms with Crippen LogP contribution in [0.2, 0.25) is 5.02 Å². The molecule has 0 bridgehead atoms. The average Bonchev–Trinajstić information content (AvgIpc) is 3.36.